The molecule has 0 saturated carbocycles. The summed E-state index contributed by atoms with van der Waals surface area (Å²) in [6, 6.07) is 14.9. The maximum Gasteiger partial charge on any atom is 0.0178 e. The lowest BCUT2D eigenvalue weighted by molar-refractivity contribution is 1.14. The van der Waals surface area contributed by atoms with Crippen molar-refractivity contribution in [1.29, 1.82) is 0 Å². The third kappa shape index (κ3) is 2.55. The lowest BCUT2D eigenvalue weighted by Crippen LogP contribution is -1.87. The molecule has 0 bridgehead atoms. The summed E-state index contributed by atoms with van der Waals surface area (Å²) in [4.78, 5) is 0. The molecule has 2 rings (SSSR count). The van der Waals surface area contributed by atoms with Crippen molar-refractivity contribution < 1.29 is 0 Å². The van der Waals surface area contributed by atoms with E-state index in [9.17, 15) is 0 Å². The van der Waals surface area contributed by atoms with E-state index in [4.69, 9.17) is 0 Å². The van der Waals surface area contributed by atoms with Gasteiger partial charge in [0.05, 0.1) is 0 Å². The molecule has 0 aromatic heterocycles. The van der Waals surface area contributed by atoms with Crippen LogP contribution in [0.5, 0.6) is 0 Å². The topological polar surface area (TPSA) is 0 Å². The molecule has 0 radical (unpaired) electrons. The van der Waals surface area contributed by atoms with E-state index < -0.39 is 0 Å². The van der Waals surface area contributed by atoms with Crippen molar-refractivity contribution in [3.63, 3.8) is 0 Å². The van der Waals surface area contributed by atoms with Gasteiger partial charge >= 0.3 is 0 Å². The lowest BCUT2D eigenvalue weighted by Gasteiger charge is -2.08. The molecule has 0 atom stereocenters. The minimum Gasteiger partial charge on any atom is -0.0613 e. The highest BCUT2D eigenvalue weighted by Crippen LogP contribution is 2.28. The molecule has 0 aliphatic carbocycles. The molecule has 0 nitrogen and oxygen atoms in total. The number of aryl methyl sites for hydroxylation is 1. The summed E-state index contributed by atoms with van der Waals surface area (Å²) in [5, 5.41) is 0. The summed E-state index contributed by atoms with van der Waals surface area (Å²) in [7, 11) is 0. The minimum atomic E-state index is 1.05. The zero-order valence-electron chi connectivity index (χ0n) is 9.00. The first-order chi connectivity index (χ1) is 7.70. The van der Waals surface area contributed by atoms with Gasteiger partial charge < -0.3 is 0 Å². The Morgan fingerprint density at radius 2 is 1.50 bits per heavy atom. The molecular weight excluding hydrogens is 328 g/mol. The quantitative estimate of drug-likeness (QED) is 0.683. The van der Waals surface area contributed by atoms with Crippen molar-refractivity contribution in [2.75, 3.05) is 0 Å². The molecule has 2 aromatic carbocycles. The molecule has 0 amide bonds. The van der Waals surface area contributed by atoms with Gasteiger partial charge in [-0.3, -0.25) is 0 Å². The Kier molecular flexibility index (Phi) is 3.82. The summed E-state index contributed by atoms with van der Waals surface area (Å²) in [5.74, 6) is 0. The molecule has 0 fully saturated rings. The van der Waals surface area contributed by atoms with Crippen LogP contribution in [0.2, 0.25) is 0 Å². The molecule has 82 valence electrons. The summed E-state index contributed by atoms with van der Waals surface area (Å²) in [6.07, 6.45) is 1.05. The standard InChI is InChI=1S/C14H12Br2/c1-2-10-9-13(16)7-8-14(10)11-3-5-12(15)6-4-11/h3-9H,2H2,1H3. The number of hydrogen-bond acceptors (Lipinski definition) is 0. The Hall–Kier alpha value is -0.600. The van der Waals surface area contributed by atoms with E-state index >= 15 is 0 Å². The van der Waals surface area contributed by atoms with Gasteiger partial charge in [0.2, 0.25) is 0 Å². The molecule has 0 saturated heterocycles. The highest BCUT2D eigenvalue weighted by atomic mass is 79.9. The van der Waals surface area contributed by atoms with E-state index in [0.717, 1.165) is 15.4 Å². The molecule has 2 heteroatoms. The Morgan fingerprint density at radius 3 is 2.12 bits per heavy atom. The first kappa shape index (κ1) is 11.9. The van der Waals surface area contributed by atoms with Crippen molar-refractivity contribution in [3.05, 3.63) is 57.0 Å². The number of benzene rings is 2. The fourth-order valence-corrected chi connectivity index (χ4v) is 2.44. The van der Waals surface area contributed by atoms with Crippen molar-refractivity contribution >= 4 is 31.9 Å². The Bertz CT molecular complexity index is 487. The van der Waals surface area contributed by atoms with E-state index in [1.165, 1.54) is 16.7 Å². The fraction of sp³-hybridized carbons (Fsp3) is 0.143. The molecular formula is C14H12Br2. The van der Waals surface area contributed by atoms with Gasteiger partial charge in [0.1, 0.15) is 0 Å². The van der Waals surface area contributed by atoms with Gasteiger partial charge in [0, 0.05) is 8.95 Å². The average Bonchev–Trinajstić information content (AvgIpc) is 2.30. The first-order valence-electron chi connectivity index (χ1n) is 5.25. The van der Waals surface area contributed by atoms with Crippen LogP contribution in [0.3, 0.4) is 0 Å². The predicted molar refractivity (Wildman–Crippen MR) is 76.7 cm³/mol. The Balaban J connectivity index is 2.51. The minimum absolute atomic E-state index is 1.05. The molecule has 16 heavy (non-hydrogen) atoms. The highest BCUT2D eigenvalue weighted by Gasteiger charge is 2.04. The van der Waals surface area contributed by atoms with Gasteiger partial charge in [-0.25, -0.2) is 0 Å². The summed E-state index contributed by atoms with van der Waals surface area (Å²) in [5.41, 5.74) is 3.96. The van der Waals surface area contributed by atoms with Gasteiger partial charge in [-0.05, 0) is 47.4 Å². The summed E-state index contributed by atoms with van der Waals surface area (Å²) in [6.45, 7) is 2.18. The summed E-state index contributed by atoms with van der Waals surface area (Å²) >= 11 is 6.97. The van der Waals surface area contributed by atoms with Crippen LogP contribution in [0, 0.1) is 0 Å². The van der Waals surface area contributed by atoms with Crippen molar-refractivity contribution in [1.82, 2.24) is 0 Å². The Morgan fingerprint density at radius 1 is 0.875 bits per heavy atom. The molecule has 0 aliphatic rings. The van der Waals surface area contributed by atoms with Crippen LogP contribution in [0.4, 0.5) is 0 Å². The zero-order chi connectivity index (χ0) is 11.5. The third-order valence-corrected chi connectivity index (χ3v) is 3.63. The van der Waals surface area contributed by atoms with Crippen molar-refractivity contribution in [2.24, 2.45) is 0 Å². The maximum absolute atomic E-state index is 3.51. The van der Waals surface area contributed by atoms with Crippen LogP contribution in [0.15, 0.2) is 51.4 Å². The summed E-state index contributed by atoms with van der Waals surface area (Å²) < 4.78 is 2.26. The average molecular weight is 340 g/mol. The first-order valence-corrected chi connectivity index (χ1v) is 6.83. The monoisotopic (exact) mass is 338 g/mol. The maximum atomic E-state index is 3.51. The predicted octanol–water partition coefficient (Wildman–Crippen LogP) is 5.44. The van der Waals surface area contributed by atoms with Gasteiger partial charge in [-0.15, -0.1) is 0 Å². The molecule has 0 aliphatic heterocycles. The normalized spacial score (nSPS) is 10.4. The van der Waals surface area contributed by atoms with E-state index in [1.807, 2.05) is 0 Å². The molecule has 0 N–H and O–H groups in total. The van der Waals surface area contributed by atoms with E-state index in [0.29, 0.717) is 0 Å². The molecule has 0 unspecified atom stereocenters. The number of hydrogen-bond donors (Lipinski definition) is 0. The van der Waals surface area contributed by atoms with E-state index in [1.54, 1.807) is 0 Å². The van der Waals surface area contributed by atoms with Gasteiger partial charge in [0.15, 0.2) is 0 Å². The van der Waals surface area contributed by atoms with Crippen LogP contribution < -0.4 is 0 Å². The third-order valence-electron chi connectivity index (χ3n) is 2.60. The fourth-order valence-electron chi connectivity index (χ4n) is 1.77. The van der Waals surface area contributed by atoms with Crippen LogP contribution >= 0.6 is 31.9 Å². The smallest absolute Gasteiger partial charge is 0.0178 e. The van der Waals surface area contributed by atoms with Crippen LogP contribution in [0.1, 0.15) is 12.5 Å². The zero-order valence-corrected chi connectivity index (χ0v) is 12.2. The second kappa shape index (κ2) is 5.15. The van der Waals surface area contributed by atoms with Crippen LogP contribution in [-0.2, 0) is 6.42 Å². The number of rotatable bonds is 2. The molecule has 2 aromatic rings. The van der Waals surface area contributed by atoms with Crippen molar-refractivity contribution in [2.45, 2.75) is 13.3 Å². The second-order valence-electron chi connectivity index (χ2n) is 3.66. The largest absolute Gasteiger partial charge is 0.0613 e. The van der Waals surface area contributed by atoms with Crippen LogP contribution in [-0.4, -0.2) is 0 Å². The SMILES string of the molecule is CCc1cc(Br)ccc1-c1ccc(Br)cc1. The highest BCUT2D eigenvalue weighted by molar-refractivity contribution is 9.10. The second-order valence-corrected chi connectivity index (χ2v) is 5.49. The number of halogens is 2. The molecule has 0 spiro atoms. The van der Waals surface area contributed by atoms with Crippen molar-refractivity contribution in [3.8, 4) is 11.1 Å². The van der Waals surface area contributed by atoms with Gasteiger partial charge in [0.25, 0.3) is 0 Å². The van der Waals surface area contributed by atoms with E-state index in [-0.39, 0.29) is 0 Å². The van der Waals surface area contributed by atoms with E-state index in [2.05, 4.69) is 81.2 Å². The van der Waals surface area contributed by atoms with Crippen LogP contribution in [0.25, 0.3) is 11.1 Å². The lowest BCUT2D eigenvalue weighted by atomic mass is 9.98. The van der Waals surface area contributed by atoms with Gasteiger partial charge in [-0.1, -0.05) is 57.0 Å². The molecule has 0 heterocycles. The van der Waals surface area contributed by atoms with Gasteiger partial charge in [-0.2, -0.15) is 0 Å². The Labute approximate surface area is 113 Å².